The predicted molar refractivity (Wildman–Crippen MR) is 48.5 cm³/mol. The quantitative estimate of drug-likeness (QED) is 0.614. The summed E-state index contributed by atoms with van der Waals surface area (Å²) in [6.45, 7) is 0. The number of benzene rings is 1. The van der Waals surface area contributed by atoms with Gasteiger partial charge in [-0.15, -0.1) is 0 Å². The first-order valence-corrected chi connectivity index (χ1v) is 4.47. The van der Waals surface area contributed by atoms with Gasteiger partial charge in [-0.05, 0) is 12.1 Å². The van der Waals surface area contributed by atoms with E-state index in [9.17, 15) is 22.0 Å². The molecule has 15 heavy (non-hydrogen) atoms. The molecule has 0 unspecified atom stereocenters. The van der Waals surface area contributed by atoms with Crippen LogP contribution in [-0.2, 0) is 6.18 Å². The molecular formula is C8H5BrF5N. The van der Waals surface area contributed by atoms with E-state index in [2.05, 4.69) is 15.9 Å². The molecule has 0 fully saturated rings. The molecule has 0 saturated carbocycles. The Hall–Kier alpha value is -0.850. The minimum Gasteiger partial charge on any atom is -0.398 e. The van der Waals surface area contributed by atoms with Gasteiger partial charge in [0.2, 0.25) is 0 Å². The lowest BCUT2D eigenvalue weighted by Crippen LogP contribution is -2.10. The largest absolute Gasteiger partial charge is 0.418 e. The van der Waals surface area contributed by atoms with Gasteiger partial charge in [-0.2, -0.15) is 13.2 Å². The summed E-state index contributed by atoms with van der Waals surface area (Å²) < 4.78 is 61.3. The van der Waals surface area contributed by atoms with E-state index < -0.39 is 29.4 Å². The molecule has 1 nitrogen and oxygen atoms in total. The van der Waals surface area contributed by atoms with E-state index in [-0.39, 0.29) is 4.47 Å². The van der Waals surface area contributed by atoms with Gasteiger partial charge in [-0.1, -0.05) is 15.9 Å². The summed E-state index contributed by atoms with van der Waals surface area (Å²) in [5, 5.41) is 0. The molecule has 0 aliphatic heterocycles. The predicted octanol–water partition coefficient (Wildman–Crippen LogP) is 3.99. The number of anilines is 1. The van der Waals surface area contributed by atoms with E-state index in [1.54, 1.807) is 0 Å². The molecule has 0 spiro atoms. The first-order valence-electron chi connectivity index (χ1n) is 3.67. The smallest absolute Gasteiger partial charge is 0.398 e. The normalized spacial score (nSPS) is 12.2. The number of alkyl halides is 5. The van der Waals surface area contributed by atoms with Gasteiger partial charge < -0.3 is 5.73 Å². The van der Waals surface area contributed by atoms with Gasteiger partial charge in [0.05, 0.1) is 5.56 Å². The Morgan fingerprint density at radius 2 is 1.73 bits per heavy atom. The van der Waals surface area contributed by atoms with Crippen molar-refractivity contribution in [2.45, 2.75) is 12.6 Å². The van der Waals surface area contributed by atoms with Crippen LogP contribution in [0.1, 0.15) is 17.6 Å². The molecule has 0 aromatic heterocycles. The SMILES string of the molecule is Nc1cc(Br)c(C(F)F)cc1C(F)(F)F. The minimum atomic E-state index is -4.73. The molecule has 1 aromatic rings. The fraction of sp³-hybridized carbons (Fsp3) is 0.250. The Morgan fingerprint density at radius 3 is 2.13 bits per heavy atom. The van der Waals surface area contributed by atoms with Crippen molar-refractivity contribution < 1.29 is 22.0 Å². The molecule has 7 heteroatoms. The number of rotatable bonds is 1. The maximum Gasteiger partial charge on any atom is 0.418 e. The van der Waals surface area contributed by atoms with Gasteiger partial charge >= 0.3 is 6.18 Å². The highest BCUT2D eigenvalue weighted by molar-refractivity contribution is 9.10. The molecule has 1 rings (SSSR count). The Bertz CT molecular complexity index is 374. The molecule has 0 aliphatic rings. The van der Waals surface area contributed by atoms with E-state index in [1.165, 1.54) is 0 Å². The fourth-order valence-corrected chi connectivity index (χ4v) is 1.55. The van der Waals surface area contributed by atoms with Crippen LogP contribution in [0.5, 0.6) is 0 Å². The van der Waals surface area contributed by atoms with Gasteiger partial charge in [-0.3, -0.25) is 0 Å². The average molecular weight is 290 g/mol. The maximum atomic E-state index is 12.3. The molecule has 0 saturated heterocycles. The fourth-order valence-electron chi connectivity index (χ4n) is 1.02. The average Bonchev–Trinajstić information content (AvgIpc) is 2.00. The van der Waals surface area contributed by atoms with Crippen LogP contribution < -0.4 is 5.73 Å². The summed E-state index contributed by atoms with van der Waals surface area (Å²) in [5.41, 5.74) is 2.52. The van der Waals surface area contributed by atoms with Gasteiger partial charge in [0.1, 0.15) is 0 Å². The van der Waals surface area contributed by atoms with Crippen molar-refractivity contribution in [1.29, 1.82) is 0 Å². The highest BCUT2D eigenvalue weighted by Gasteiger charge is 2.34. The Kier molecular flexibility index (Phi) is 3.22. The topological polar surface area (TPSA) is 26.0 Å². The second kappa shape index (κ2) is 3.96. The van der Waals surface area contributed by atoms with Gasteiger partial charge in [0.25, 0.3) is 6.43 Å². The summed E-state index contributed by atoms with van der Waals surface area (Å²) in [5.74, 6) is 0. The lowest BCUT2D eigenvalue weighted by Gasteiger charge is -2.13. The first-order chi connectivity index (χ1) is 6.73. The number of nitrogen functional groups attached to an aromatic ring is 1. The molecule has 0 radical (unpaired) electrons. The zero-order chi connectivity index (χ0) is 11.8. The molecule has 84 valence electrons. The van der Waals surface area contributed by atoms with Crippen LogP contribution in [0.15, 0.2) is 16.6 Å². The Morgan fingerprint density at radius 1 is 1.20 bits per heavy atom. The summed E-state index contributed by atoms with van der Waals surface area (Å²) in [7, 11) is 0. The van der Waals surface area contributed by atoms with Crippen molar-refractivity contribution >= 4 is 21.6 Å². The van der Waals surface area contributed by atoms with Crippen molar-refractivity contribution in [2.75, 3.05) is 5.73 Å². The lowest BCUT2D eigenvalue weighted by molar-refractivity contribution is -0.137. The van der Waals surface area contributed by atoms with Crippen LogP contribution in [0.25, 0.3) is 0 Å². The maximum absolute atomic E-state index is 12.3. The van der Waals surface area contributed by atoms with Crippen LogP contribution in [0, 0.1) is 0 Å². The highest BCUT2D eigenvalue weighted by Crippen LogP contribution is 2.39. The zero-order valence-corrected chi connectivity index (χ0v) is 8.66. The van der Waals surface area contributed by atoms with E-state index in [0.717, 1.165) is 6.07 Å². The second-order valence-corrected chi connectivity index (χ2v) is 3.61. The van der Waals surface area contributed by atoms with E-state index >= 15 is 0 Å². The zero-order valence-electron chi connectivity index (χ0n) is 7.08. The van der Waals surface area contributed by atoms with E-state index in [0.29, 0.717) is 6.07 Å². The van der Waals surface area contributed by atoms with Gasteiger partial charge in [-0.25, -0.2) is 8.78 Å². The summed E-state index contributed by atoms with van der Waals surface area (Å²) in [6, 6.07) is 1.17. The number of halogens is 6. The monoisotopic (exact) mass is 289 g/mol. The Labute approximate surface area is 90.2 Å². The first kappa shape index (κ1) is 12.2. The standard InChI is InChI=1S/C8H5BrF5N/c9-5-2-6(15)4(8(12,13)14)1-3(5)7(10)11/h1-2,7H,15H2. The van der Waals surface area contributed by atoms with Gasteiger partial charge in [0.15, 0.2) is 0 Å². The van der Waals surface area contributed by atoms with E-state index in [1.807, 2.05) is 0 Å². The van der Waals surface area contributed by atoms with Gasteiger partial charge in [0, 0.05) is 15.7 Å². The third-order valence-corrected chi connectivity index (χ3v) is 2.40. The molecule has 0 heterocycles. The molecule has 0 atom stereocenters. The Balaban J connectivity index is 3.37. The third-order valence-electron chi connectivity index (χ3n) is 1.71. The third kappa shape index (κ3) is 2.58. The number of nitrogens with two attached hydrogens (primary N) is 1. The molecule has 1 aromatic carbocycles. The lowest BCUT2D eigenvalue weighted by atomic mass is 10.1. The van der Waals surface area contributed by atoms with E-state index in [4.69, 9.17) is 5.73 Å². The van der Waals surface area contributed by atoms with Crippen molar-refractivity contribution in [1.82, 2.24) is 0 Å². The minimum absolute atomic E-state index is 0.136. The van der Waals surface area contributed by atoms with Crippen molar-refractivity contribution in [3.63, 3.8) is 0 Å². The molecular weight excluding hydrogens is 285 g/mol. The summed E-state index contributed by atoms with van der Waals surface area (Å²) in [4.78, 5) is 0. The number of hydrogen-bond acceptors (Lipinski definition) is 1. The number of hydrogen-bond donors (Lipinski definition) is 1. The van der Waals surface area contributed by atoms with Crippen molar-refractivity contribution in [3.8, 4) is 0 Å². The molecule has 0 bridgehead atoms. The molecule has 0 amide bonds. The molecule has 2 N–H and O–H groups in total. The van der Waals surface area contributed by atoms with Crippen LogP contribution in [0.4, 0.5) is 27.6 Å². The summed E-state index contributed by atoms with van der Waals surface area (Å²) >= 11 is 2.72. The van der Waals surface area contributed by atoms with Crippen molar-refractivity contribution in [3.05, 3.63) is 27.7 Å². The summed E-state index contributed by atoms with van der Waals surface area (Å²) in [6.07, 6.45) is -7.71. The second-order valence-electron chi connectivity index (χ2n) is 2.76. The van der Waals surface area contributed by atoms with Crippen LogP contribution in [0.3, 0.4) is 0 Å². The van der Waals surface area contributed by atoms with Crippen LogP contribution >= 0.6 is 15.9 Å². The van der Waals surface area contributed by atoms with Crippen LogP contribution in [0.2, 0.25) is 0 Å². The molecule has 0 aliphatic carbocycles. The van der Waals surface area contributed by atoms with Crippen LogP contribution in [-0.4, -0.2) is 0 Å². The highest BCUT2D eigenvalue weighted by atomic mass is 79.9. The van der Waals surface area contributed by atoms with Crippen molar-refractivity contribution in [2.24, 2.45) is 0 Å².